The van der Waals surface area contributed by atoms with Crippen LogP contribution in [0.1, 0.15) is 31.2 Å². The molecule has 1 saturated heterocycles. The van der Waals surface area contributed by atoms with Gasteiger partial charge in [-0.25, -0.2) is 0 Å². The van der Waals surface area contributed by atoms with Crippen LogP contribution in [0.25, 0.3) is 0 Å². The summed E-state index contributed by atoms with van der Waals surface area (Å²) in [7, 11) is 1.71. The predicted molar refractivity (Wildman–Crippen MR) is 53.9 cm³/mol. The lowest BCUT2D eigenvalue weighted by Crippen LogP contribution is -2.20. The molecule has 78 valence electrons. The first-order valence-electron chi connectivity index (χ1n) is 4.81. The van der Waals surface area contributed by atoms with Gasteiger partial charge in [0.05, 0.1) is 7.05 Å². The molecule has 2 heterocycles. The van der Waals surface area contributed by atoms with Gasteiger partial charge in [-0.2, -0.15) is 16.6 Å². The average Bonchev–Trinajstić information content (AvgIpc) is 2.65. The monoisotopic (exact) mass is 214 g/mol. The Bertz CT molecular complexity index is 297. The van der Waals surface area contributed by atoms with E-state index in [-0.39, 0.29) is 5.25 Å². The molecular weight excluding hydrogens is 200 g/mol. The van der Waals surface area contributed by atoms with Crippen LogP contribution in [0, 0.1) is 0 Å². The van der Waals surface area contributed by atoms with Gasteiger partial charge in [-0.1, -0.05) is 6.42 Å². The summed E-state index contributed by atoms with van der Waals surface area (Å²) in [6.45, 7) is 0. The normalized spacial score (nSPS) is 24.9. The highest BCUT2D eigenvalue weighted by atomic mass is 32.2. The van der Waals surface area contributed by atoms with Crippen LogP contribution in [-0.4, -0.2) is 36.3 Å². The van der Waals surface area contributed by atoms with Crippen LogP contribution in [0.2, 0.25) is 0 Å². The third-order valence-corrected chi connectivity index (χ3v) is 3.80. The molecule has 0 amide bonds. The van der Waals surface area contributed by atoms with Crippen molar-refractivity contribution in [2.24, 2.45) is 7.05 Å². The second-order valence-electron chi connectivity index (χ2n) is 3.49. The standard InChI is InChI=1S/C8H14N4OS/c1-12-10-8(9-11-12)7(13)6-4-2-3-5-14-6/h6-7,13H,2-5H2,1H3. The molecule has 1 aliphatic heterocycles. The maximum Gasteiger partial charge on any atom is 0.204 e. The Morgan fingerprint density at radius 3 is 3.00 bits per heavy atom. The van der Waals surface area contributed by atoms with Gasteiger partial charge in [0.1, 0.15) is 6.10 Å². The molecule has 1 fully saturated rings. The highest BCUT2D eigenvalue weighted by Crippen LogP contribution is 2.33. The smallest absolute Gasteiger partial charge is 0.204 e. The minimum Gasteiger partial charge on any atom is -0.384 e. The first kappa shape index (κ1) is 9.92. The number of aryl methyl sites for hydroxylation is 1. The zero-order valence-corrected chi connectivity index (χ0v) is 8.94. The average molecular weight is 214 g/mol. The molecule has 5 nitrogen and oxygen atoms in total. The Labute approximate surface area is 86.9 Å². The summed E-state index contributed by atoms with van der Waals surface area (Å²) in [6.07, 6.45) is 2.93. The van der Waals surface area contributed by atoms with Crippen molar-refractivity contribution in [2.75, 3.05) is 5.75 Å². The maximum atomic E-state index is 9.96. The molecule has 2 atom stereocenters. The van der Waals surface area contributed by atoms with Gasteiger partial charge in [0.25, 0.3) is 0 Å². The van der Waals surface area contributed by atoms with E-state index < -0.39 is 6.10 Å². The molecule has 0 bridgehead atoms. The van der Waals surface area contributed by atoms with E-state index in [9.17, 15) is 5.11 Å². The van der Waals surface area contributed by atoms with Crippen molar-refractivity contribution in [2.45, 2.75) is 30.6 Å². The second-order valence-corrected chi connectivity index (χ2v) is 4.83. The summed E-state index contributed by atoms with van der Waals surface area (Å²) < 4.78 is 0. The van der Waals surface area contributed by atoms with Crippen LogP contribution in [0.15, 0.2) is 0 Å². The Morgan fingerprint density at radius 2 is 2.43 bits per heavy atom. The van der Waals surface area contributed by atoms with E-state index in [0.29, 0.717) is 5.82 Å². The first-order chi connectivity index (χ1) is 6.77. The summed E-state index contributed by atoms with van der Waals surface area (Å²) in [6, 6.07) is 0. The molecule has 0 spiro atoms. The Morgan fingerprint density at radius 1 is 1.57 bits per heavy atom. The number of aliphatic hydroxyl groups excluding tert-OH is 1. The SMILES string of the molecule is Cn1nnc(C(O)C2CCCCS2)n1. The van der Waals surface area contributed by atoms with Crippen molar-refractivity contribution in [1.29, 1.82) is 0 Å². The molecule has 0 aromatic carbocycles. The predicted octanol–water partition coefficient (Wildman–Crippen LogP) is 0.529. The van der Waals surface area contributed by atoms with Gasteiger partial charge in [0.15, 0.2) is 0 Å². The van der Waals surface area contributed by atoms with Crippen LogP contribution in [-0.2, 0) is 7.05 Å². The van der Waals surface area contributed by atoms with Gasteiger partial charge >= 0.3 is 0 Å². The largest absolute Gasteiger partial charge is 0.384 e. The van der Waals surface area contributed by atoms with E-state index in [1.54, 1.807) is 7.05 Å². The lowest BCUT2D eigenvalue weighted by Gasteiger charge is -2.23. The van der Waals surface area contributed by atoms with Crippen LogP contribution < -0.4 is 0 Å². The van der Waals surface area contributed by atoms with E-state index in [1.807, 2.05) is 11.8 Å². The number of nitrogens with zero attached hydrogens (tertiary/aromatic N) is 4. The van der Waals surface area contributed by atoms with E-state index in [2.05, 4.69) is 15.4 Å². The highest BCUT2D eigenvalue weighted by molar-refractivity contribution is 7.99. The Balaban J connectivity index is 2.03. The molecule has 1 aliphatic rings. The number of aliphatic hydroxyl groups is 1. The fraction of sp³-hybridized carbons (Fsp3) is 0.875. The van der Waals surface area contributed by atoms with Crippen molar-refractivity contribution < 1.29 is 5.11 Å². The molecule has 1 N–H and O–H groups in total. The number of aromatic nitrogens is 4. The minimum atomic E-state index is -0.561. The molecule has 2 unspecified atom stereocenters. The molecular formula is C8H14N4OS. The molecule has 1 aromatic heterocycles. The van der Waals surface area contributed by atoms with Gasteiger partial charge in [0.2, 0.25) is 5.82 Å². The second kappa shape index (κ2) is 4.27. The molecule has 14 heavy (non-hydrogen) atoms. The number of hydrogen-bond donors (Lipinski definition) is 1. The molecule has 6 heteroatoms. The Hall–Kier alpha value is -0.620. The molecule has 1 aromatic rings. The number of rotatable bonds is 2. The molecule has 0 radical (unpaired) electrons. The number of thioether (sulfide) groups is 1. The molecule has 0 saturated carbocycles. The van der Waals surface area contributed by atoms with E-state index in [1.165, 1.54) is 17.6 Å². The number of tetrazole rings is 1. The summed E-state index contributed by atoms with van der Waals surface area (Å²) in [5.41, 5.74) is 0. The lowest BCUT2D eigenvalue weighted by atomic mass is 10.1. The van der Waals surface area contributed by atoms with Crippen molar-refractivity contribution >= 4 is 11.8 Å². The summed E-state index contributed by atoms with van der Waals surface area (Å²) >= 11 is 1.81. The lowest BCUT2D eigenvalue weighted by molar-refractivity contribution is 0.158. The first-order valence-corrected chi connectivity index (χ1v) is 5.86. The third-order valence-electron chi connectivity index (χ3n) is 2.36. The highest BCUT2D eigenvalue weighted by Gasteiger charge is 2.26. The van der Waals surface area contributed by atoms with E-state index in [4.69, 9.17) is 0 Å². The van der Waals surface area contributed by atoms with Gasteiger partial charge in [-0.15, -0.1) is 10.2 Å². The van der Waals surface area contributed by atoms with Crippen molar-refractivity contribution in [3.8, 4) is 0 Å². The van der Waals surface area contributed by atoms with Gasteiger partial charge in [-0.3, -0.25) is 0 Å². The fourth-order valence-corrected chi connectivity index (χ4v) is 2.91. The number of hydrogen-bond acceptors (Lipinski definition) is 5. The maximum absolute atomic E-state index is 9.96. The summed E-state index contributed by atoms with van der Waals surface area (Å²) in [5, 5.41) is 21.8. The minimum absolute atomic E-state index is 0.243. The van der Waals surface area contributed by atoms with Crippen molar-refractivity contribution in [3.63, 3.8) is 0 Å². The van der Waals surface area contributed by atoms with E-state index >= 15 is 0 Å². The quantitative estimate of drug-likeness (QED) is 0.778. The molecule has 0 aliphatic carbocycles. The fourth-order valence-electron chi connectivity index (χ4n) is 1.60. The Kier molecular flexibility index (Phi) is 3.02. The van der Waals surface area contributed by atoms with Crippen molar-refractivity contribution in [1.82, 2.24) is 20.2 Å². The zero-order chi connectivity index (χ0) is 9.97. The molecule has 2 rings (SSSR count). The van der Waals surface area contributed by atoms with Crippen LogP contribution in [0.4, 0.5) is 0 Å². The third kappa shape index (κ3) is 2.06. The topological polar surface area (TPSA) is 63.8 Å². The van der Waals surface area contributed by atoms with Gasteiger partial charge in [0, 0.05) is 5.25 Å². The van der Waals surface area contributed by atoms with Gasteiger partial charge in [-0.05, 0) is 23.8 Å². The van der Waals surface area contributed by atoms with Gasteiger partial charge < -0.3 is 5.11 Å². The zero-order valence-electron chi connectivity index (χ0n) is 8.13. The summed E-state index contributed by atoms with van der Waals surface area (Å²) in [5.74, 6) is 1.58. The van der Waals surface area contributed by atoms with Crippen LogP contribution in [0.5, 0.6) is 0 Å². The summed E-state index contributed by atoms with van der Waals surface area (Å²) in [4.78, 5) is 1.38. The van der Waals surface area contributed by atoms with Crippen molar-refractivity contribution in [3.05, 3.63) is 5.82 Å². The van der Waals surface area contributed by atoms with Crippen LogP contribution >= 0.6 is 11.8 Å². The van der Waals surface area contributed by atoms with Crippen LogP contribution in [0.3, 0.4) is 0 Å². The van der Waals surface area contributed by atoms with E-state index in [0.717, 1.165) is 12.2 Å².